The Morgan fingerprint density at radius 1 is 1.32 bits per heavy atom. The zero-order chi connectivity index (χ0) is 14.0. The first-order chi connectivity index (χ1) is 9.01. The van der Waals surface area contributed by atoms with Gasteiger partial charge in [0.05, 0.1) is 10.7 Å². The van der Waals surface area contributed by atoms with Gasteiger partial charge in [-0.1, -0.05) is 38.4 Å². The first kappa shape index (κ1) is 14.7. The lowest BCUT2D eigenvalue weighted by Crippen LogP contribution is -2.22. The predicted molar refractivity (Wildman–Crippen MR) is 84.0 cm³/mol. The Morgan fingerprint density at radius 3 is 2.47 bits per heavy atom. The maximum absolute atomic E-state index is 6.45. The van der Waals surface area contributed by atoms with E-state index in [1.54, 1.807) is 0 Å². The average molecular weight is 281 g/mol. The summed E-state index contributed by atoms with van der Waals surface area (Å²) in [5.41, 5.74) is 8.41. The molecule has 2 N–H and O–H groups in total. The smallest absolute Gasteiger partial charge is 0.0642 e. The Labute approximate surface area is 121 Å². The molecule has 2 nitrogen and oxygen atoms in total. The molecule has 0 aliphatic carbocycles. The van der Waals surface area contributed by atoms with Crippen LogP contribution in [-0.2, 0) is 6.42 Å². The van der Waals surface area contributed by atoms with Crippen LogP contribution in [0.2, 0.25) is 5.02 Å². The lowest BCUT2D eigenvalue weighted by atomic mass is 10.0. The summed E-state index contributed by atoms with van der Waals surface area (Å²) in [6.07, 6.45) is 1.91. The van der Waals surface area contributed by atoms with Crippen LogP contribution < -0.4 is 10.6 Å². The van der Waals surface area contributed by atoms with E-state index in [4.69, 9.17) is 17.3 Å². The van der Waals surface area contributed by atoms with Crippen LogP contribution in [-0.4, -0.2) is 19.1 Å². The highest BCUT2D eigenvalue weighted by Gasteiger charge is 2.27. The molecular weight excluding hydrogens is 256 g/mol. The fourth-order valence-electron chi connectivity index (χ4n) is 2.71. The summed E-state index contributed by atoms with van der Waals surface area (Å²) in [4.78, 5) is 2.40. The van der Waals surface area contributed by atoms with Crippen LogP contribution >= 0.6 is 11.6 Å². The van der Waals surface area contributed by atoms with Crippen molar-refractivity contribution < 1.29 is 0 Å². The third kappa shape index (κ3) is 3.43. The van der Waals surface area contributed by atoms with Crippen molar-refractivity contribution in [1.29, 1.82) is 0 Å². The van der Waals surface area contributed by atoms with Crippen molar-refractivity contribution in [2.24, 2.45) is 17.6 Å². The average Bonchev–Trinajstić information content (AvgIpc) is 2.69. The first-order valence-electron chi connectivity index (χ1n) is 7.30. The minimum absolute atomic E-state index is 0.230. The zero-order valence-electron chi connectivity index (χ0n) is 12.2. The number of nitrogens with two attached hydrogens (primary N) is 1. The fourth-order valence-corrected chi connectivity index (χ4v) is 3.03. The summed E-state index contributed by atoms with van der Waals surface area (Å²) in [6.45, 7) is 8.96. The van der Waals surface area contributed by atoms with Crippen molar-refractivity contribution in [2.45, 2.75) is 39.7 Å². The van der Waals surface area contributed by atoms with Gasteiger partial charge < -0.3 is 10.6 Å². The fraction of sp³-hybridized carbons (Fsp3) is 0.625. The topological polar surface area (TPSA) is 29.3 Å². The zero-order valence-corrected chi connectivity index (χ0v) is 13.0. The van der Waals surface area contributed by atoms with Gasteiger partial charge in [-0.2, -0.15) is 0 Å². The van der Waals surface area contributed by atoms with E-state index in [9.17, 15) is 0 Å². The second kappa shape index (κ2) is 6.15. The van der Waals surface area contributed by atoms with Gasteiger partial charge >= 0.3 is 0 Å². The normalized spacial score (nSPS) is 24.8. The van der Waals surface area contributed by atoms with E-state index in [-0.39, 0.29) is 6.04 Å². The monoisotopic (exact) mass is 280 g/mol. The second-order valence-corrected chi connectivity index (χ2v) is 6.42. The largest absolute Gasteiger partial charge is 0.370 e. The van der Waals surface area contributed by atoms with E-state index in [0.29, 0.717) is 0 Å². The minimum atomic E-state index is 0.230. The van der Waals surface area contributed by atoms with Crippen LogP contribution in [0.4, 0.5) is 5.69 Å². The van der Waals surface area contributed by atoms with E-state index in [1.807, 2.05) is 0 Å². The van der Waals surface area contributed by atoms with Crippen LogP contribution in [0.25, 0.3) is 0 Å². The number of anilines is 1. The van der Waals surface area contributed by atoms with Crippen LogP contribution in [0.15, 0.2) is 18.2 Å². The van der Waals surface area contributed by atoms with Crippen LogP contribution in [0.5, 0.6) is 0 Å². The standard InChI is InChI=1S/C16H25ClN2/c1-4-14(18)7-13-5-6-16(15(17)8-13)19-9-11(2)12(3)10-19/h5-6,8,11-12,14H,4,7,9-10,18H2,1-3H3. The molecular formula is C16H25ClN2. The maximum atomic E-state index is 6.45. The molecule has 0 aromatic heterocycles. The van der Waals surface area contributed by atoms with Gasteiger partial charge in [-0.25, -0.2) is 0 Å². The maximum Gasteiger partial charge on any atom is 0.0642 e. The summed E-state index contributed by atoms with van der Waals surface area (Å²) in [6, 6.07) is 6.64. The van der Waals surface area contributed by atoms with Crippen LogP contribution in [0, 0.1) is 11.8 Å². The van der Waals surface area contributed by atoms with Gasteiger partial charge in [-0.3, -0.25) is 0 Å². The Balaban J connectivity index is 2.11. The van der Waals surface area contributed by atoms with Gasteiger partial charge in [0.25, 0.3) is 0 Å². The lowest BCUT2D eigenvalue weighted by Gasteiger charge is -2.21. The number of halogens is 1. The molecule has 1 aromatic rings. The number of hydrogen-bond donors (Lipinski definition) is 1. The number of hydrogen-bond acceptors (Lipinski definition) is 2. The molecule has 1 aliphatic rings. The van der Waals surface area contributed by atoms with E-state index >= 15 is 0 Å². The van der Waals surface area contributed by atoms with Crippen molar-refractivity contribution in [1.82, 2.24) is 0 Å². The molecule has 2 rings (SSSR count). The van der Waals surface area contributed by atoms with Crippen LogP contribution in [0.1, 0.15) is 32.8 Å². The summed E-state index contributed by atoms with van der Waals surface area (Å²) < 4.78 is 0. The van der Waals surface area contributed by atoms with Gasteiger partial charge in [0.15, 0.2) is 0 Å². The SMILES string of the molecule is CCC(N)Cc1ccc(N2CC(C)C(C)C2)c(Cl)c1. The molecule has 0 radical (unpaired) electrons. The van der Waals surface area contributed by atoms with E-state index in [2.05, 4.69) is 43.9 Å². The second-order valence-electron chi connectivity index (χ2n) is 6.02. The molecule has 3 heteroatoms. The van der Waals surface area contributed by atoms with Gasteiger partial charge in [0.1, 0.15) is 0 Å². The Kier molecular flexibility index (Phi) is 4.75. The first-order valence-corrected chi connectivity index (χ1v) is 7.68. The lowest BCUT2D eigenvalue weighted by molar-refractivity contribution is 0.494. The highest BCUT2D eigenvalue weighted by atomic mass is 35.5. The third-order valence-corrected chi connectivity index (χ3v) is 4.67. The Bertz CT molecular complexity index is 423. The molecule has 106 valence electrons. The predicted octanol–water partition coefficient (Wildman–Crippen LogP) is 3.71. The highest BCUT2D eigenvalue weighted by molar-refractivity contribution is 6.33. The number of benzene rings is 1. The molecule has 1 aromatic carbocycles. The molecule has 0 bridgehead atoms. The third-order valence-electron chi connectivity index (χ3n) is 4.36. The molecule has 1 saturated heterocycles. The van der Waals surface area contributed by atoms with Crippen LogP contribution in [0.3, 0.4) is 0 Å². The molecule has 0 amide bonds. The number of rotatable bonds is 4. The van der Waals surface area contributed by atoms with Crippen molar-refractivity contribution in [2.75, 3.05) is 18.0 Å². The van der Waals surface area contributed by atoms with Gasteiger partial charge in [-0.15, -0.1) is 0 Å². The minimum Gasteiger partial charge on any atom is -0.370 e. The van der Waals surface area contributed by atoms with E-state index in [0.717, 1.165) is 42.8 Å². The summed E-state index contributed by atoms with van der Waals surface area (Å²) in [5, 5.41) is 0.863. The summed E-state index contributed by atoms with van der Waals surface area (Å²) in [7, 11) is 0. The highest BCUT2D eigenvalue weighted by Crippen LogP contribution is 2.33. The number of nitrogens with zero attached hydrogens (tertiary/aromatic N) is 1. The molecule has 3 atom stereocenters. The van der Waals surface area contributed by atoms with E-state index in [1.165, 1.54) is 11.3 Å². The summed E-state index contributed by atoms with van der Waals surface area (Å²) in [5.74, 6) is 1.48. The Morgan fingerprint density at radius 2 is 1.95 bits per heavy atom. The van der Waals surface area contributed by atoms with Crippen molar-refractivity contribution >= 4 is 17.3 Å². The molecule has 1 heterocycles. The van der Waals surface area contributed by atoms with Gasteiger partial charge in [0.2, 0.25) is 0 Å². The molecule has 1 aliphatic heterocycles. The molecule has 1 fully saturated rings. The molecule has 0 spiro atoms. The van der Waals surface area contributed by atoms with E-state index < -0.39 is 0 Å². The van der Waals surface area contributed by atoms with Gasteiger partial charge in [0, 0.05) is 19.1 Å². The molecule has 19 heavy (non-hydrogen) atoms. The van der Waals surface area contributed by atoms with Gasteiger partial charge in [-0.05, 0) is 42.4 Å². The van der Waals surface area contributed by atoms with Crippen molar-refractivity contribution in [3.05, 3.63) is 28.8 Å². The molecule has 0 saturated carbocycles. The summed E-state index contributed by atoms with van der Waals surface area (Å²) >= 11 is 6.45. The molecule has 3 unspecified atom stereocenters. The van der Waals surface area contributed by atoms with Crippen molar-refractivity contribution in [3.8, 4) is 0 Å². The Hall–Kier alpha value is -0.730. The quantitative estimate of drug-likeness (QED) is 0.911. The van der Waals surface area contributed by atoms with Crippen molar-refractivity contribution in [3.63, 3.8) is 0 Å².